The number of nitrogens with one attached hydrogen (secondary N) is 3. The monoisotopic (exact) mass is 1000 g/mol. The van der Waals surface area contributed by atoms with Gasteiger partial charge in [0.05, 0.1) is 56.7 Å². The van der Waals surface area contributed by atoms with E-state index in [2.05, 4.69) is 44.9 Å². The molecule has 0 amide bonds. The molecule has 0 unspecified atom stereocenters. The fourth-order valence-corrected chi connectivity index (χ4v) is 7.52. The molecule has 9 rings (SSSR count). The average Bonchev–Trinajstić information content (AvgIpc) is 4.15. The van der Waals surface area contributed by atoms with Gasteiger partial charge in [-0.3, -0.25) is 28.1 Å². The molecule has 9 heterocycles. The molecule has 0 radical (unpaired) electrons. The summed E-state index contributed by atoms with van der Waals surface area (Å²) in [5, 5.41) is 122. The zero-order valence-corrected chi connectivity index (χ0v) is 41.7. The Bertz CT molecular complexity index is 2690. The second-order valence-electron chi connectivity index (χ2n) is 14.3. The Kier molecular flexibility index (Phi) is 18.5. The zero-order chi connectivity index (χ0) is 48.2. The van der Waals surface area contributed by atoms with Crippen molar-refractivity contribution in [3.8, 4) is 0 Å². The largest absolute Gasteiger partial charge is 1.00 e. The van der Waals surface area contributed by atoms with Gasteiger partial charge < -0.3 is 105 Å². The maximum absolute atomic E-state index is 11.6. The third-order valence-corrected chi connectivity index (χ3v) is 10.8. The van der Waals surface area contributed by atoms with Crippen LogP contribution in [0.5, 0.6) is 0 Å². The number of carbonyl (C=O) groups excluding carboxylic acids is 3. The number of carboxylic acids is 3. The van der Waals surface area contributed by atoms with Crippen LogP contribution in [0.4, 0.5) is 0 Å². The van der Waals surface area contributed by atoms with Crippen LogP contribution in [0.2, 0.25) is 0 Å². The zero-order valence-electron chi connectivity index (χ0n) is 35.7. The molecule has 0 aliphatic carbocycles. The third kappa shape index (κ3) is 9.14. The minimum Gasteiger partial charge on any atom is -0.545 e. The van der Waals surface area contributed by atoms with Gasteiger partial charge in [-0.2, -0.15) is 0 Å². The Morgan fingerprint density at radius 3 is 0.913 bits per heavy atom. The molecular weight excluding hydrogens is 969 g/mol. The van der Waals surface area contributed by atoms with Gasteiger partial charge in [0.15, 0.2) is 33.5 Å². The number of aliphatic hydroxyl groups is 9. The number of hydrogen-bond acceptors (Lipinski definition) is 27. The number of aromatic amines is 3. The number of ether oxygens (including phenoxy) is 3. The molecule has 12 N–H and O–H groups in total. The number of imidazole rings is 3. The number of aromatic nitrogens is 12. The van der Waals surface area contributed by atoms with Gasteiger partial charge in [0, 0.05) is 0 Å². The summed E-state index contributed by atoms with van der Waals surface area (Å²) >= 11 is 0. The molecule has 3 aliphatic heterocycles. The van der Waals surface area contributed by atoms with Crippen LogP contribution in [0.25, 0.3) is 33.5 Å². The number of fused-ring (bicyclic) bond motifs is 3. The first-order valence-electron chi connectivity index (χ1n) is 18.6. The number of carboxylic acid groups (broad SMARTS) is 3. The number of H-pyrrole nitrogens is 3. The van der Waals surface area contributed by atoms with Crippen molar-refractivity contribution < 1.29 is 179 Å². The van der Waals surface area contributed by atoms with Gasteiger partial charge in [0.25, 0.3) is 16.7 Å². The van der Waals surface area contributed by atoms with Crippen molar-refractivity contribution in [2.24, 2.45) is 0 Å². The van der Waals surface area contributed by atoms with E-state index in [0.717, 1.165) is 51.7 Å². The quantitative estimate of drug-likeness (QED) is 0.0598. The molecule has 3 saturated heterocycles. The van der Waals surface area contributed by atoms with Gasteiger partial charge in [-0.1, -0.05) is 0 Å². The third-order valence-electron chi connectivity index (χ3n) is 10.8. The first-order valence-corrected chi connectivity index (χ1v) is 18.6. The van der Waals surface area contributed by atoms with Gasteiger partial charge in [-0.25, -0.2) is 29.9 Å². The first-order chi connectivity index (χ1) is 31.3. The summed E-state index contributed by atoms with van der Waals surface area (Å²) in [6.07, 6.45) is -9.14. The van der Waals surface area contributed by atoms with Crippen LogP contribution >= 0.6 is 0 Å². The molecule has 0 bridgehead atoms. The summed E-state index contributed by atoms with van der Waals surface area (Å²) in [6.45, 7) is -2.18. The molecule has 0 spiro atoms. The summed E-state index contributed by atoms with van der Waals surface area (Å²) in [4.78, 5) is 99.1. The van der Waals surface area contributed by atoms with Crippen molar-refractivity contribution >= 4 is 51.4 Å². The van der Waals surface area contributed by atoms with Crippen LogP contribution < -0.4 is 121 Å². The minimum atomic E-state index is -2.57. The maximum atomic E-state index is 11.6. The Hall–Kier alpha value is -4.02. The van der Waals surface area contributed by atoms with Crippen molar-refractivity contribution in [1.82, 2.24) is 58.6 Å². The topological polar surface area (TPSA) is 521 Å². The van der Waals surface area contributed by atoms with E-state index >= 15 is 0 Å². The van der Waals surface area contributed by atoms with Crippen LogP contribution in [0.15, 0.2) is 52.3 Å². The van der Waals surface area contributed by atoms with Crippen LogP contribution in [0.1, 0.15) is 0 Å². The Balaban J connectivity index is 0.000000221. The normalized spacial score (nSPS) is 30.3. The number of rotatable bonds is 9. The van der Waals surface area contributed by atoms with E-state index in [4.69, 9.17) is 29.5 Å². The second kappa shape index (κ2) is 22.2. The van der Waals surface area contributed by atoms with Gasteiger partial charge in [0.1, 0.15) is 73.9 Å². The first kappa shape index (κ1) is 57.6. The van der Waals surface area contributed by atoms with Crippen LogP contribution in [0.3, 0.4) is 0 Å². The van der Waals surface area contributed by atoms with E-state index in [-0.39, 0.29) is 122 Å². The van der Waals surface area contributed by atoms with Gasteiger partial charge in [0.2, 0.25) is 17.2 Å². The van der Waals surface area contributed by atoms with Crippen molar-refractivity contribution in [3.05, 3.63) is 69.0 Å². The standard InChI is InChI=1S/3C11H12N4O7.3Na/c3*16-1-4-6(17)7(18)11(22-4,10(20)21)15-3-14-5-8(15)12-2-13-9(5)19;;;/h3*2-4,6-7,16-18H,1H2,(H,20,21)(H,12,13,19);;;/q;;;3*+1/p-3/t3*4-,6-,7-,11+;;;/m111.../s1. The number of aliphatic carboxylic acids is 3. The number of hydrogen-bond donors (Lipinski definition) is 12. The molecule has 6 aromatic rings. The van der Waals surface area contributed by atoms with Crippen molar-refractivity contribution in [2.75, 3.05) is 19.8 Å². The van der Waals surface area contributed by atoms with E-state index in [0.29, 0.717) is 0 Å². The van der Waals surface area contributed by atoms with E-state index in [1.165, 1.54) is 0 Å². The van der Waals surface area contributed by atoms with Crippen molar-refractivity contribution in [3.63, 3.8) is 0 Å². The average molecular weight is 1000 g/mol. The Morgan fingerprint density at radius 1 is 0.493 bits per heavy atom. The molecule has 3 aliphatic rings. The molecule has 354 valence electrons. The minimum absolute atomic E-state index is 0. The van der Waals surface area contributed by atoms with E-state index in [1.807, 2.05) is 0 Å². The summed E-state index contributed by atoms with van der Waals surface area (Å²) in [7, 11) is 0. The van der Waals surface area contributed by atoms with Crippen LogP contribution in [-0.2, 0) is 45.8 Å². The molecule has 6 aromatic heterocycles. The molecule has 0 saturated carbocycles. The number of nitrogens with zero attached hydrogens (tertiary/aromatic N) is 9. The van der Waals surface area contributed by atoms with Crippen molar-refractivity contribution in [1.29, 1.82) is 0 Å². The summed E-state index contributed by atoms with van der Waals surface area (Å²) in [6, 6.07) is 0. The van der Waals surface area contributed by atoms with Gasteiger partial charge in [-0.15, -0.1) is 0 Å². The summed E-state index contributed by atoms with van der Waals surface area (Å²) in [5.74, 6) is -5.64. The van der Waals surface area contributed by atoms with Gasteiger partial charge >= 0.3 is 88.7 Å². The predicted molar refractivity (Wildman–Crippen MR) is 195 cm³/mol. The van der Waals surface area contributed by atoms with Crippen molar-refractivity contribution in [2.45, 2.75) is 72.1 Å². The molecule has 0 aromatic carbocycles. The molecule has 69 heavy (non-hydrogen) atoms. The van der Waals surface area contributed by atoms with E-state index in [9.17, 15) is 74.7 Å². The molecular formula is C33H33N12Na3O21. The molecule has 36 heteroatoms. The smallest absolute Gasteiger partial charge is 0.545 e. The van der Waals surface area contributed by atoms with E-state index < -0.39 is 127 Å². The predicted octanol–water partition coefficient (Wildman–Crippen LogP) is -22.1. The Morgan fingerprint density at radius 2 is 0.725 bits per heavy atom. The molecule has 3 fully saturated rings. The molecule has 33 nitrogen and oxygen atoms in total. The molecule has 12 atom stereocenters. The van der Waals surface area contributed by atoms with Crippen LogP contribution in [-0.4, -0.2) is 197 Å². The fourth-order valence-electron chi connectivity index (χ4n) is 7.52. The SMILES string of the molecule is O=C([O-])[C@@]1(n2cnc3c(=O)[nH]cnc32)O[C@H](CO)[C@@H](O)[C@H]1O.O=C([O-])[C@@]1(n2cnc3c(=O)[nH]cnc32)O[C@H](CO)[C@@H](O)[C@H]1O.O=C([O-])[C@@]1(n2cnc3c(=O)[nH]cnc32)O[C@H](CO)[C@@H](O)[C@H]1O.[Na+].[Na+].[Na+]. The Labute approximate surface area is 445 Å². The maximum Gasteiger partial charge on any atom is 1.00 e. The second-order valence-corrected chi connectivity index (χ2v) is 14.3. The summed E-state index contributed by atoms with van der Waals surface area (Å²) in [5.41, 5.74) is -10.7. The van der Waals surface area contributed by atoms with Gasteiger partial charge in [-0.05, 0) is 0 Å². The van der Waals surface area contributed by atoms with E-state index in [1.54, 1.807) is 0 Å². The number of aliphatic hydroxyl groups excluding tert-OH is 9. The fraction of sp³-hybridized carbons (Fsp3) is 0.455. The summed E-state index contributed by atoms with van der Waals surface area (Å²) < 4.78 is 17.8. The number of carbonyl (C=O) groups is 3. The van der Waals surface area contributed by atoms with Crippen LogP contribution in [0, 0.1) is 0 Å².